The average molecular weight is 499 g/mol. The molecule has 1 aliphatic heterocycles. The van der Waals surface area contributed by atoms with Crippen LogP contribution in [0.1, 0.15) is 10.4 Å². The van der Waals surface area contributed by atoms with E-state index in [1.54, 1.807) is 6.07 Å². The summed E-state index contributed by atoms with van der Waals surface area (Å²) < 4.78 is 59.7. The zero-order valence-corrected chi connectivity index (χ0v) is 18.4. The molecule has 0 radical (unpaired) electrons. The molecule has 0 unspecified atom stereocenters. The van der Waals surface area contributed by atoms with Crippen LogP contribution in [0.15, 0.2) is 59.5 Å². The van der Waals surface area contributed by atoms with Gasteiger partial charge in [0.25, 0.3) is 15.9 Å². The highest BCUT2D eigenvalue weighted by molar-refractivity contribution is 7.92. The summed E-state index contributed by atoms with van der Waals surface area (Å²) in [4.78, 5) is 12.3. The van der Waals surface area contributed by atoms with Crippen molar-refractivity contribution in [2.24, 2.45) is 0 Å². The largest absolute Gasteiger partial charge is 0.489 e. The fraction of sp³-hybridized carbons (Fsp3) is 0.0952. The first-order chi connectivity index (χ1) is 15.2. The predicted octanol–water partition coefficient (Wildman–Crippen LogP) is 5.11. The molecule has 32 heavy (non-hydrogen) atoms. The third kappa shape index (κ3) is 4.11. The van der Waals surface area contributed by atoms with Crippen LogP contribution in [-0.4, -0.2) is 27.5 Å². The molecule has 0 atom stereocenters. The van der Waals surface area contributed by atoms with Gasteiger partial charge in [0, 0.05) is 5.69 Å². The van der Waals surface area contributed by atoms with Crippen molar-refractivity contribution in [2.45, 2.75) is 4.90 Å². The minimum atomic E-state index is -4.23. The van der Waals surface area contributed by atoms with Crippen molar-refractivity contribution in [3.8, 4) is 5.75 Å². The number of halogens is 4. The molecule has 6 nitrogen and oxygen atoms in total. The Morgan fingerprint density at radius 2 is 1.72 bits per heavy atom. The van der Waals surface area contributed by atoms with Gasteiger partial charge in [-0.15, -0.1) is 0 Å². The van der Waals surface area contributed by atoms with Gasteiger partial charge in [-0.05, 0) is 48.5 Å². The first-order valence-corrected chi connectivity index (χ1v) is 11.4. The number of rotatable bonds is 4. The van der Waals surface area contributed by atoms with Crippen molar-refractivity contribution in [3.05, 3.63) is 81.8 Å². The van der Waals surface area contributed by atoms with Crippen LogP contribution >= 0.6 is 23.2 Å². The van der Waals surface area contributed by atoms with Crippen LogP contribution in [0.4, 0.5) is 20.2 Å². The Labute approximate surface area is 192 Å². The van der Waals surface area contributed by atoms with Crippen molar-refractivity contribution >= 4 is 50.5 Å². The summed E-state index contributed by atoms with van der Waals surface area (Å²) in [7, 11) is -4.23. The van der Waals surface area contributed by atoms with Gasteiger partial charge in [-0.2, -0.15) is 0 Å². The number of benzene rings is 3. The third-order valence-corrected chi connectivity index (χ3v) is 7.15. The van der Waals surface area contributed by atoms with Gasteiger partial charge in [-0.25, -0.2) is 17.2 Å². The lowest BCUT2D eigenvalue weighted by molar-refractivity contribution is 0.102. The summed E-state index contributed by atoms with van der Waals surface area (Å²) in [6.45, 7) is -0.0150. The molecule has 1 aliphatic rings. The van der Waals surface area contributed by atoms with Crippen LogP contribution in [0.3, 0.4) is 0 Å². The van der Waals surface area contributed by atoms with Crippen molar-refractivity contribution in [1.29, 1.82) is 0 Å². The molecule has 4 rings (SSSR count). The van der Waals surface area contributed by atoms with E-state index in [0.717, 1.165) is 16.4 Å². The van der Waals surface area contributed by atoms with Crippen LogP contribution < -0.4 is 14.4 Å². The summed E-state index contributed by atoms with van der Waals surface area (Å²) in [5.41, 5.74) is 0.445. The molecule has 3 aromatic carbocycles. The van der Waals surface area contributed by atoms with Crippen molar-refractivity contribution in [1.82, 2.24) is 0 Å². The average Bonchev–Trinajstić information content (AvgIpc) is 2.75. The standard InChI is InChI=1S/C21H14Cl2F2N2O4S/c22-14-2-1-3-15(23)20(14)21(28)26-12-4-7-19-18(10-12)27(8-9-31-19)32(29,30)13-5-6-16(24)17(25)11-13/h1-7,10-11H,8-9H2,(H,26,28). The molecule has 11 heteroatoms. The second-order valence-electron chi connectivity index (χ2n) is 6.73. The molecule has 0 saturated carbocycles. The van der Waals surface area contributed by atoms with E-state index in [1.807, 2.05) is 0 Å². The highest BCUT2D eigenvalue weighted by Gasteiger charge is 2.31. The van der Waals surface area contributed by atoms with Gasteiger partial charge in [-0.1, -0.05) is 29.3 Å². The summed E-state index contributed by atoms with van der Waals surface area (Å²) in [6, 6.07) is 11.4. The number of carbonyl (C=O) groups is 1. The zero-order chi connectivity index (χ0) is 23.0. The molecule has 1 amide bonds. The molecule has 0 fully saturated rings. The quantitative estimate of drug-likeness (QED) is 0.542. The minimum Gasteiger partial charge on any atom is -0.489 e. The molecule has 1 heterocycles. The molecular formula is C21H14Cl2F2N2O4S. The molecule has 0 bridgehead atoms. The molecule has 166 valence electrons. The number of amides is 1. The molecule has 1 N–H and O–H groups in total. The molecular weight excluding hydrogens is 485 g/mol. The van der Waals surface area contributed by atoms with Crippen LogP contribution in [-0.2, 0) is 10.0 Å². The SMILES string of the molecule is O=C(Nc1ccc2c(c1)N(S(=O)(=O)c1ccc(F)c(F)c1)CCO2)c1c(Cl)cccc1Cl. The molecule has 0 saturated heterocycles. The summed E-state index contributed by atoms with van der Waals surface area (Å²) in [6.07, 6.45) is 0. The number of ether oxygens (including phenoxy) is 1. The van der Waals surface area contributed by atoms with Gasteiger partial charge in [0.2, 0.25) is 0 Å². The maximum absolute atomic E-state index is 13.7. The first kappa shape index (κ1) is 22.3. The van der Waals surface area contributed by atoms with E-state index in [1.165, 1.54) is 30.3 Å². The van der Waals surface area contributed by atoms with Crippen LogP contribution in [0.2, 0.25) is 10.0 Å². The lowest BCUT2D eigenvalue weighted by Crippen LogP contribution is -2.38. The van der Waals surface area contributed by atoms with E-state index in [4.69, 9.17) is 27.9 Å². The predicted molar refractivity (Wildman–Crippen MR) is 117 cm³/mol. The second-order valence-corrected chi connectivity index (χ2v) is 9.41. The minimum absolute atomic E-state index is 0.0524. The Morgan fingerprint density at radius 1 is 1.00 bits per heavy atom. The van der Waals surface area contributed by atoms with Crippen molar-refractivity contribution < 1.29 is 26.7 Å². The molecule has 3 aromatic rings. The second kappa shape index (κ2) is 8.57. The molecule has 0 aromatic heterocycles. The van der Waals surface area contributed by atoms with Gasteiger partial charge in [-0.3, -0.25) is 9.10 Å². The Kier molecular flexibility index (Phi) is 5.98. The van der Waals surface area contributed by atoms with E-state index < -0.39 is 32.5 Å². The van der Waals surface area contributed by atoms with Crippen LogP contribution in [0, 0.1) is 11.6 Å². The number of anilines is 2. The van der Waals surface area contributed by atoms with Gasteiger partial charge in [0.1, 0.15) is 12.4 Å². The molecule has 0 spiro atoms. The Balaban J connectivity index is 1.69. The normalized spacial score (nSPS) is 13.3. The maximum atomic E-state index is 13.7. The molecule has 0 aliphatic carbocycles. The lowest BCUT2D eigenvalue weighted by atomic mass is 10.2. The summed E-state index contributed by atoms with van der Waals surface area (Å²) >= 11 is 12.1. The number of hydrogen-bond donors (Lipinski definition) is 1. The third-order valence-electron chi connectivity index (χ3n) is 4.71. The monoisotopic (exact) mass is 498 g/mol. The summed E-state index contributed by atoms with van der Waals surface area (Å²) in [5.74, 6) is -2.78. The van der Waals surface area contributed by atoms with Gasteiger partial charge in [0.05, 0.1) is 32.7 Å². The van der Waals surface area contributed by atoms with Gasteiger partial charge < -0.3 is 10.1 Å². The van der Waals surface area contributed by atoms with Crippen molar-refractivity contribution in [3.63, 3.8) is 0 Å². The smallest absolute Gasteiger partial charge is 0.264 e. The first-order valence-electron chi connectivity index (χ1n) is 9.18. The fourth-order valence-corrected chi connectivity index (χ4v) is 5.23. The maximum Gasteiger partial charge on any atom is 0.264 e. The number of nitrogens with one attached hydrogen (secondary N) is 1. The summed E-state index contributed by atoms with van der Waals surface area (Å²) in [5, 5.41) is 2.93. The van der Waals surface area contributed by atoms with Crippen LogP contribution in [0.5, 0.6) is 5.75 Å². The number of sulfonamides is 1. The Morgan fingerprint density at radius 3 is 2.41 bits per heavy atom. The van der Waals surface area contributed by atoms with Crippen molar-refractivity contribution in [2.75, 3.05) is 22.8 Å². The van der Waals surface area contributed by atoms with Gasteiger partial charge >= 0.3 is 0 Å². The van der Waals surface area contributed by atoms with Gasteiger partial charge in [0.15, 0.2) is 11.6 Å². The number of fused-ring (bicyclic) bond motifs is 1. The highest BCUT2D eigenvalue weighted by Crippen LogP contribution is 2.38. The zero-order valence-electron chi connectivity index (χ0n) is 16.1. The number of nitrogens with zero attached hydrogens (tertiary/aromatic N) is 1. The van der Waals surface area contributed by atoms with E-state index in [0.29, 0.717) is 6.07 Å². The topological polar surface area (TPSA) is 75.7 Å². The Hall–Kier alpha value is -2.88. The number of carbonyl (C=O) groups excluding carboxylic acids is 1. The van der Waals surface area contributed by atoms with E-state index >= 15 is 0 Å². The highest BCUT2D eigenvalue weighted by atomic mass is 35.5. The van der Waals surface area contributed by atoms with E-state index in [9.17, 15) is 22.0 Å². The lowest BCUT2D eigenvalue weighted by Gasteiger charge is -2.31. The van der Waals surface area contributed by atoms with Crippen LogP contribution in [0.25, 0.3) is 0 Å². The Bertz CT molecular complexity index is 1320. The van der Waals surface area contributed by atoms with E-state index in [2.05, 4.69) is 5.32 Å². The fourth-order valence-electron chi connectivity index (χ4n) is 3.19. The van der Waals surface area contributed by atoms with E-state index in [-0.39, 0.29) is 45.9 Å². The number of hydrogen-bond acceptors (Lipinski definition) is 4.